The molecular formula is C13H18N4O3. The van der Waals surface area contributed by atoms with Crippen LogP contribution in [0.5, 0.6) is 0 Å². The van der Waals surface area contributed by atoms with E-state index < -0.39 is 5.60 Å². The number of nitrogens with zero attached hydrogens (tertiary/aromatic N) is 3. The van der Waals surface area contributed by atoms with Crippen molar-refractivity contribution in [3.63, 3.8) is 0 Å². The number of hydrogen-bond donors (Lipinski definition) is 1. The molecule has 2 saturated heterocycles. The van der Waals surface area contributed by atoms with E-state index in [-0.39, 0.29) is 11.5 Å². The molecular weight excluding hydrogens is 260 g/mol. The zero-order valence-electron chi connectivity index (χ0n) is 11.5. The molecule has 1 N–H and O–H groups in total. The Morgan fingerprint density at radius 3 is 2.75 bits per heavy atom. The predicted molar refractivity (Wildman–Crippen MR) is 72.6 cm³/mol. The summed E-state index contributed by atoms with van der Waals surface area (Å²) in [6.45, 7) is 2.52. The molecule has 0 bridgehead atoms. The van der Waals surface area contributed by atoms with Crippen LogP contribution in [0.1, 0.15) is 12.8 Å². The highest BCUT2D eigenvalue weighted by atomic mass is 16.5. The lowest BCUT2D eigenvalue weighted by molar-refractivity contribution is -0.154. The Bertz CT molecular complexity index is 572. The van der Waals surface area contributed by atoms with Crippen molar-refractivity contribution in [2.45, 2.75) is 18.4 Å². The molecule has 108 valence electrons. The van der Waals surface area contributed by atoms with Crippen molar-refractivity contribution in [2.75, 3.05) is 31.1 Å². The van der Waals surface area contributed by atoms with E-state index in [9.17, 15) is 9.59 Å². The van der Waals surface area contributed by atoms with Crippen molar-refractivity contribution >= 4 is 11.7 Å². The molecule has 0 saturated carbocycles. The predicted octanol–water partition coefficient (Wildman–Crippen LogP) is -0.734. The molecule has 20 heavy (non-hydrogen) atoms. The van der Waals surface area contributed by atoms with E-state index in [1.165, 1.54) is 10.7 Å². The van der Waals surface area contributed by atoms with Crippen LogP contribution in [0.3, 0.4) is 0 Å². The van der Waals surface area contributed by atoms with Gasteiger partial charge in [-0.1, -0.05) is 0 Å². The maximum Gasteiger partial charge on any atom is 0.266 e. The first-order valence-electron chi connectivity index (χ1n) is 6.83. The molecule has 7 heteroatoms. The summed E-state index contributed by atoms with van der Waals surface area (Å²) in [4.78, 5) is 25.8. The number of carbonyl (C=O) groups excluding carboxylic acids is 1. The summed E-state index contributed by atoms with van der Waals surface area (Å²) in [5.41, 5.74) is -0.911. The lowest BCUT2D eigenvalue weighted by Gasteiger charge is -2.43. The van der Waals surface area contributed by atoms with Crippen LogP contribution >= 0.6 is 0 Å². The summed E-state index contributed by atoms with van der Waals surface area (Å²) < 4.78 is 7.04. The smallest absolute Gasteiger partial charge is 0.266 e. The van der Waals surface area contributed by atoms with Gasteiger partial charge >= 0.3 is 0 Å². The third-order valence-electron chi connectivity index (χ3n) is 3.96. The van der Waals surface area contributed by atoms with Gasteiger partial charge in [-0.15, -0.1) is 0 Å². The van der Waals surface area contributed by atoms with Crippen LogP contribution in [0.4, 0.5) is 5.82 Å². The number of amides is 1. The Balaban J connectivity index is 1.91. The van der Waals surface area contributed by atoms with E-state index >= 15 is 0 Å². The quantitative estimate of drug-likeness (QED) is 0.732. The third kappa shape index (κ3) is 2.12. The lowest BCUT2D eigenvalue weighted by Crippen LogP contribution is -2.60. The molecule has 0 aliphatic carbocycles. The number of carbonyl (C=O) groups is 1. The SMILES string of the molecule is Cn1nc(N2CCOC3(CCNCC3)C2=O)ccc1=O. The number of aryl methyl sites for hydroxylation is 1. The van der Waals surface area contributed by atoms with E-state index in [4.69, 9.17) is 4.74 Å². The monoisotopic (exact) mass is 278 g/mol. The second kappa shape index (κ2) is 4.99. The number of ether oxygens (including phenoxy) is 1. The molecule has 2 fully saturated rings. The molecule has 2 aliphatic rings. The molecule has 1 aromatic heterocycles. The minimum atomic E-state index is -0.722. The van der Waals surface area contributed by atoms with E-state index in [0.29, 0.717) is 31.8 Å². The Hall–Kier alpha value is -1.73. The summed E-state index contributed by atoms with van der Waals surface area (Å²) >= 11 is 0. The second-order valence-corrected chi connectivity index (χ2v) is 5.20. The van der Waals surface area contributed by atoms with E-state index in [0.717, 1.165) is 13.1 Å². The molecule has 1 aromatic rings. The van der Waals surface area contributed by atoms with Crippen LogP contribution in [0.25, 0.3) is 0 Å². The number of morpholine rings is 1. The fourth-order valence-corrected chi connectivity index (χ4v) is 2.78. The number of hydrogen-bond acceptors (Lipinski definition) is 5. The maximum atomic E-state index is 12.7. The average Bonchev–Trinajstić information content (AvgIpc) is 2.46. The van der Waals surface area contributed by atoms with Gasteiger partial charge in [0.15, 0.2) is 5.82 Å². The lowest BCUT2D eigenvalue weighted by atomic mass is 9.89. The van der Waals surface area contributed by atoms with Crippen LogP contribution in [-0.2, 0) is 16.6 Å². The Labute approximate surface area is 116 Å². The van der Waals surface area contributed by atoms with Gasteiger partial charge in [-0.3, -0.25) is 14.5 Å². The molecule has 0 atom stereocenters. The minimum Gasteiger partial charge on any atom is -0.363 e. The van der Waals surface area contributed by atoms with Gasteiger partial charge in [0.2, 0.25) is 0 Å². The van der Waals surface area contributed by atoms with Crippen molar-refractivity contribution in [1.29, 1.82) is 0 Å². The molecule has 0 aromatic carbocycles. The largest absolute Gasteiger partial charge is 0.363 e. The van der Waals surface area contributed by atoms with Gasteiger partial charge in [0.25, 0.3) is 11.5 Å². The third-order valence-corrected chi connectivity index (χ3v) is 3.96. The fourth-order valence-electron chi connectivity index (χ4n) is 2.78. The number of rotatable bonds is 1. The van der Waals surface area contributed by atoms with Gasteiger partial charge in [0.05, 0.1) is 13.2 Å². The molecule has 2 aliphatic heterocycles. The summed E-state index contributed by atoms with van der Waals surface area (Å²) in [7, 11) is 1.58. The van der Waals surface area contributed by atoms with Gasteiger partial charge < -0.3 is 10.1 Å². The molecule has 1 spiro atoms. The van der Waals surface area contributed by atoms with Gasteiger partial charge in [-0.2, -0.15) is 5.10 Å². The van der Waals surface area contributed by atoms with Crippen LogP contribution in [0, 0.1) is 0 Å². The summed E-state index contributed by atoms with van der Waals surface area (Å²) in [6, 6.07) is 3.03. The zero-order chi connectivity index (χ0) is 14.2. The Kier molecular flexibility index (Phi) is 3.31. The van der Waals surface area contributed by atoms with Crippen molar-refractivity contribution in [1.82, 2.24) is 15.1 Å². The van der Waals surface area contributed by atoms with E-state index in [1.54, 1.807) is 18.0 Å². The molecule has 7 nitrogen and oxygen atoms in total. The van der Waals surface area contributed by atoms with E-state index in [1.807, 2.05) is 0 Å². The van der Waals surface area contributed by atoms with Crippen LogP contribution in [-0.4, -0.2) is 47.5 Å². The Morgan fingerprint density at radius 2 is 2.05 bits per heavy atom. The topological polar surface area (TPSA) is 76.5 Å². The molecule has 3 rings (SSSR count). The highest BCUT2D eigenvalue weighted by Crippen LogP contribution is 2.30. The zero-order valence-corrected chi connectivity index (χ0v) is 11.5. The number of aromatic nitrogens is 2. The van der Waals surface area contributed by atoms with Gasteiger partial charge in [-0.05, 0) is 32.0 Å². The highest BCUT2D eigenvalue weighted by Gasteiger charge is 2.46. The average molecular weight is 278 g/mol. The molecule has 1 amide bonds. The minimum absolute atomic E-state index is 0.0450. The molecule has 0 unspecified atom stereocenters. The number of nitrogens with one attached hydrogen (secondary N) is 1. The van der Waals surface area contributed by atoms with Crippen molar-refractivity contribution in [3.05, 3.63) is 22.5 Å². The second-order valence-electron chi connectivity index (χ2n) is 5.20. The van der Waals surface area contributed by atoms with Gasteiger partial charge in [-0.25, -0.2) is 4.68 Å². The van der Waals surface area contributed by atoms with Crippen molar-refractivity contribution in [2.24, 2.45) is 7.05 Å². The number of anilines is 1. The fraction of sp³-hybridized carbons (Fsp3) is 0.615. The van der Waals surface area contributed by atoms with Crippen molar-refractivity contribution in [3.8, 4) is 0 Å². The summed E-state index contributed by atoms with van der Waals surface area (Å²) in [6.07, 6.45) is 1.35. The summed E-state index contributed by atoms with van der Waals surface area (Å²) in [5.74, 6) is 0.467. The van der Waals surface area contributed by atoms with Crippen LogP contribution < -0.4 is 15.8 Å². The molecule has 3 heterocycles. The first-order valence-corrected chi connectivity index (χ1v) is 6.83. The standard InChI is InChI=1S/C13H18N4O3/c1-16-11(18)3-2-10(15-16)17-8-9-20-13(12(17)19)4-6-14-7-5-13/h2-3,14H,4-9H2,1H3. The molecule has 0 radical (unpaired) electrons. The highest BCUT2D eigenvalue weighted by molar-refractivity contribution is 5.99. The van der Waals surface area contributed by atoms with Gasteiger partial charge in [0.1, 0.15) is 5.60 Å². The first-order chi connectivity index (χ1) is 9.62. The van der Waals surface area contributed by atoms with Gasteiger partial charge in [0, 0.05) is 13.1 Å². The van der Waals surface area contributed by atoms with Crippen molar-refractivity contribution < 1.29 is 9.53 Å². The van der Waals surface area contributed by atoms with Crippen LogP contribution in [0.2, 0.25) is 0 Å². The normalized spacial score (nSPS) is 22.2. The maximum absolute atomic E-state index is 12.7. The first kappa shape index (κ1) is 13.3. The number of piperidine rings is 1. The Morgan fingerprint density at radius 1 is 1.30 bits per heavy atom. The summed E-state index contributed by atoms with van der Waals surface area (Å²) in [5, 5.41) is 7.40. The van der Waals surface area contributed by atoms with E-state index in [2.05, 4.69) is 10.4 Å². The van der Waals surface area contributed by atoms with Crippen LogP contribution in [0.15, 0.2) is 16.9 Å².